The van der Waals surface area contributed by atoms with Crippen LogP contribution >= 0.6 is 23.7 Å². The van der Waals surface area contributed by atoms with Crippen LogP contribution < -0.4 is 5.32 Å². The average molecular weight is 220 g/mol. The predicted octanol–water partition coefficient (Wildman–Crippen LogP) is 1.74. The van der Waals surface area contributed by atoms with Crippen LogP contribution in [0.2, 0.25) is 0 Å². The summed E-state index contributed by atoms with van der Waals surface area (Å²) < 4.78 is 0. The fraction of sp³-hybridized carbons (Fsp3) is 0.750. The lowest BCUT2D eigenvalue weighted by molar-refractivity contribution is 0.458. The van der Waals surface area contributed by atoms with E-state index in [2.05, 4.69) is 15.5 Å². The van der Waals surface area contributed by atoms with Crippen LogP contribution in [0.25, 0.3) is 0 Å². The van der Waals surface area contributed by atoms with Gasteiger partial charge in [-0.25, -0.2) is 0 Å². The molecule has 1 saturated heterocycles. The highest BCUT2D eigenvalue weighted by Crippen LogP contribution is 2.25. The molecule has 5 heteroatoms. The molecule has 0 aliphatic carbocycles. The van der Waals surface area contributed by atoms with Crippen molar-refractivity contribution in [3.63, 3.8) is 0 Å². The third-order valence-corrected chi connectivity index (χ3v) is 3.19. The van der Waals surface area contributed by atoms with Crippen molar-refractivity contribution in [1.29, 1.82) is 0 Å². The molecule has 1 aliphatic rings. The molecule has 0 bridgehead atoms. The van der Waals surface area contributed by atoms with E-state index in [9.17, 15) is 0 Å². The van der Waals surface area contributed by atoms with Gasteiger partial charge in [0.05, 0.1) is 0 Å². The highest BCUT2D eigenvalue weighted by atomic mass is 35.5. The van der Waals surface area contributed by atoms with Gasteiger partial charge in [0.1, 0.15) is 10.0 Å². The lowest BCUT2D eigenvalue weighted by Gasteiger charge is -2.19. The first-order valence-corrected chi connectivity index (χ1v) is 5.18. The van der Waals surface area contributed by atoms with Gasteiger partial charge in [0.2, 0.25) is 0 Å². The van der Waals surface area contributed by atoms with E-state index in [1.165, 1.54) is 17.8 Å². The molecular weight excluding hydrogens is 206 g/mol. The monoisotopic (exact) mass is 219 g/mol. The zero-order valence-electron chi connectivity index (χ0n) is 7.62. The van der Waals surface area contributed by atoms with Gasteiger partial charge in [0.25, 0.3) is 0 Å². The van der Waals surface area contributed by atoms with Gasteiger partial charge in [-0.05, 0) is 26.3 Å². The highest BCUT2D eigenvalue weighted by Gasteiger charge is 2.18. The number of nitrogens with zero attached hydrogens (tertiary/aromatic N) is 2. The Morgan fingerprint density at radius 1 is 1.46 bits per heavy atom. The van der Waals surface area contributed by atoms with E-state index in [-0.39, 0.29) is 12.4 Å². The van der Waals surface area contributed by atoms with Crippen LogP contribution in [-0.4, -0.2) is 23.3 Å². The standard InChI is InChI=1S/C8H13N3S.ClH/c1-6-10-11-8(12-6)7-3-2-4-9-5-7;/h7,9H,2-5H2,1H3;1H. The summed E-state index contributed by atoms with van der Waals surface area (Å²) in [6.07, 6.45) is 2.53. The molecule has 1 unspecified atom stereocenters. The lowest BCUT2D eigenvalue weighted by Crippen LogP contribution is -2.28. The third-order valence-electron chi connectivity index (χ3n) is 2.19. The zero-order valence-corrected chi connectivity index (χ0v) is 9.25. The number of nitrogens with one attached hydrogen (secondary N) is 1. The summed E-state index contributed by atoms with van der Waals surface area (Å²) in [6.45, 7) is 4.25. The number of piperidine rings is 1. The molecule has 74 valence electrons. The molecule has 1 N–H and O–H groups in total. The van der Waals surface area contributed by atoms with Crippen molar-refractivity contribution in [2.75, 3.05) is 13.1 Å². The number of hydrogen-bond acceptors (Lipinski definition) is 4. The van der Waals surface area contributed by atoms with Crippen LogP contribution in [-0.2, 0) is 0 Å². The van der Waals surface area contributed by atoms with Gasteiger partial charge >= 0.3 is 0 Å². The molecule has 0 aromatic carbocycles. The molecule has 0 radical (unpaired) electrons. The maximum Gasteiger partial charge on any atom is 0.121 e. The Morgan fingerprint density at radius 3 is 2.85 bits per heavy atom. The molecule has 1 aliphatic heterocycles. The minimum atomic E-state index is 0. The average Bonchev–Trinajstić information content (AvgIpc) is 2.54. The summed E-state index contributed by atoms with van der Waals surface area (Å²) in [5.41, 5.74) is 0. The van der Waals surface area contributed by atoms with Crippen molar-refractivity contribution in [2.24, 2.45) is 0 Å². The van der Waals surface area contributed by atoms with Gasteiger partial charge in [-0.3, -0.25) is 0 Å². The molecule has 0 saturated carbocycles. The molecule has 2 heterocycles. The molecule has 1 aromatic rings. The second-order valence-electron chi connectivity index (χ2n) is 3.20. The van der Waals surface area contributed by atoms with Crippen molar-refractivity contribution < 1.29 is 0 Å². The van der Waals surface area contributed by atoms with Crippen LogP contribution in [0.5, 0.6) is 0 Å². The molecule has 1 fully saturated rings. The van der Waals surface area contributed by atoms with Crippen LogP contribution in [0, 0.1) is 6.92 Å². The Balaban J connectivity index is 0.000000845. The van der Waals surface area contributed by atoms with E-state index in [0.29, 0.717) is 5.92 Å². The largest absolute Gasteiger partial charge is 0.316 e. The second kappa shape index (κ2) is 4.88. The van der Waals surface area contributed by atoms with Gasteiger partial charge in [-0.1, -0.05) is 0 Å². The smallest absolute Gasteiger partial charge is 0.121 e. The molecule has 2 rings (SSSR count). The maximum absolute atomic E-state index is 4.17. The van der Waals surface area contributed by atoms with E-state index in [1.54, 1.807) is 11.3 Å². The first kappa shape index (κ1) is 10.9. The molecule has 3 nitrogen and oxygen atoms in total. The number of rotatable bonds is 1. The third kappa shape index (κ3) is 2.62. The molecule has 0 spiro atoms. The Morgan fingerprint density at radius 2 is 2.31 bits per heavy atom. The van der Waals surface area contributed by atoms with Crippen LogP contribution in [0.1, 0.15) is 28.8 Å². The first-order chi connectivity index (χ1) is 5.86. The predicted molar refractivity (Wildman–Crippen MR) is 56.7 cm³/mol. The van der Waals surface area contributed by atoms with E-state index in [1.807, 2.05) is 6.92 Å². The molecule has 1 atom stereocenters. The lowest BCUT2D eigenvalue weighted by atomic mass is 10.0. The van der Waals surface area contributed by atoms with Gasteiger partial charge in [-0.15, -0.1) is 33.9 Å². The summed E-state index contributed by atoms with van der Waals surface area (Å²) in [5, 5.41) is 13.9. The van der Waals surface area contributed by atoms with Crippen LogP contribution in [0.3, 0.4) is 0 Å². The number of aryl methyl sites for hydroxylation is 1. The fourth-order valence-corrected chi connectivity index (χ4v) is 2.37. The SMILES string of the molecule is Cc1nnc(C2CCCNC2)s1.Cl. The van der Waals surface area contributed by atoms with Gasteiger partial charge in [0, 0.05) is 12.5 Å². The van der Waals surface area contributed by atoms with Gasteiger partial charge in [-0.2, -0.15) is 0 Å². The highest BCUT2D eigenvalue weighted by molar-refractivity contribution is 7.11. The Labute approximate surface area is 88.4 Å². The van der Waals surface area contributed by atoms with E-state index in [4.69, 9.17) is 0 Å². The number of halogens is 1. The van der Waals surface area contributed by atoms with Gasteiger partial charge in [0.15, 0.2) is 0 Å². The number of hydrogen-bond donors (Lipinski definition) is 1. The topological polar surface area (TPSA) is 37.8 Å². The minimum Gasteiger partial charge on any atom is -0.316 e. The minimum absolute atomic E-state index is 0. The summed E-state index contributed by atoms with van der Waals surface area (Å²) in [6, 6.07) is 0. The van der Waals surface area contributed by atoms with Gasteiger partial charge < -0.3 is 5.32 Å². The van der Waals surface area contributed by atoms with Crippen LogP contribution in [0.4, 0.5) is 0 Å². The normalized spacial score (nSPS) is 22.4. The summed E-state index contributed by atoms with van der Waals surface area (Å²) in [7, 11) is 0. The molecular formula is C8H14ClN3S. The van der Waals surface area contributed by atoms with E-state index in [0.717, 1.165) is 18.1 Å². The zero-order chi connectivity index (χ0) is 8.39. The summed E-state index contributed by atoms with van der Waals surface area (Å²) in [4.78, 5) is 0. The van der Waals surface area contributed by atoms with Crippen LogP contribution in [0.15, 0.2) is 0 Å². The van der Waals surface area contributed by atoms with Crippen molar-refractivity contribution in [3.05, 3.63) is 10.0 Å². The van der Waals surface area contributed by atoms with Crippen molar-refractivity contribution in [1.82, 2.24) is 15.5 Å². The Hall–Kier alpha value is -0.190. The Bertz CT molecular complexity index is 258. The molecule has 13 heavy (non-hydrogen) atoms. The van der Waals surface area contributed by atoms with E-state index < -0.39 is 0 Å². The summed E-state index contributed by atoms with van der Waals surface area (Å²) in [5.74, 6) is 0.616. The quantitative estimate of drug-likeness (QED) is 0.782. The Kier molecular flexibility index (Phi) is 4.09. The van der Waals surface area contributed by atoms with Crippen molar-refractivity contribution >= 4 is 23.7 Å². The first-order valence-electron chi connectivity index (χ1n) is 4.37. The van der Waals surface area contributed by atoms with E-state index >= 15 is 0 Å². The summed E-state index contributed by atoms with van der Waals surface area (Å²) >= 11 is 1.73. The number of aromatic nitrogens is 2. The second-order valence-corrected chi connectivity index (χ2v) is 4.42. The fourth-order valence-electron chi connectivity index (χ4n) is 1.54. The van der Waals surface area contributed by atoms with Crippen molar-refractivity contribution in [3.8, 4) is 0 Å². The molecule has 0 amide bonds. The molecule has 1 aromatic heterocycles. The van der Waals surface area contributed by atoms with Crippen molar-refractivity contribution in [2.45, 2.75) is 25.7 Å². The maximum atomic E-state index is 4.17.